The molecular weight excluding hydrogens is 254 g/mol. The summed E-state index contributed by atoms with van der Waals surface area (Å²) in [7, 11) is 0. The molecule has 1 aromatic rings. The van der Waals surface area contributed by atoms with E-state index in [1.54, 1.807) is 6.92 Å². The topological polar surface area (TPSA) is 70.2 Å². The highest BCUT2D eigenvalue weighted by Crippen LogP contribution is 2.14. The molecule has 0 aromatic heterocycles. The van der Waals surface area contributed by atoms with E-state index in [0.717, 1.165) is 17.8 Å². The zero-order valence-electron chi connectivity index (χ0n) is 12.3. The summed E-state index contributed by atoms with van der Waals surface area (Å²) >= 11 is 0. The van der Waals surface area contributed by atoms with Crippen molar-refractivity contribution in [1.82, 2.24) is 5.32 Å². The van der Waals surface area contributed by atoms with Crippen LogP contribution in [0.15, 0.2) is 24.3 Å². The maximum absolute atomic E-state index is 11.7. The lowest BCUT2D eigenvalue weighted by Gasteiger charge is -2.13. The number of hydrogen-bond donors (Lipinski definition) is 3. The molecule has 110 valence electrons. The second-order valence-electron chi connectivity index (χ2n) is 4.71. The highest BCUT2D eigenvalue weighted by atomic mass is 16.2. The van der Waals surface area contributed by atoms with E-state index in [1.165, 1.54) is 0 Å². The van der Waals surface area contributed by atoms with Gasteiger partial charge in [0.2, 0.25) is 11.8 Å². The van der Waals surface area contributed by atoms with Gasteiger partial charge >= 0.3 is 0 Å². The monoisotopic (exact) mass is 277 g/mol. The lowest BCUT2D eigenvalue weighted by Crippen LogP contribution is -2.36. The Kier molecular flexibility index (Phi) is 6.56. The summed E-state index contributed by atoms with van der Waals surface area (Å²) in [4.78, 5) is 23.0. The minimum Gasteiger partial charge on any atom is -0.376 e. The van der Waals surface area contributed by atoms with Gasteiger partial charge in [-0.3, -0.25) is 9.59 Å². The zero-order chi connectivity index (χ0) is 15.0. The molecule has 5 heteroatoms. The van der Waals surface area contributed by atoms with Crippen LogP contribution in [0.3, 0.4) is 0 Å². The van der Waals surface area contributed by atoms with Crippen LogP contribution in [0.2, 0.25) is 0 Å². The first-order valence-corrected chi connectivity index (χ1v) is 6.98. The van der Waals surface area contributed by atoms with Crippen molar-refractivity contribution in [3.63, 3.8) is 0 Å². The largest absolute Gasteiger partial charge is 0.376 e. The van der Waals surface area contributed by atoms with Crippen molar-refractivity contribution in [3.8, 4) is 0 Å². The van der Waals surface area contributed by atoms with Gasteiger partial charge in [0.25, 0.3) is 0 Å². The van der Waals surface area contributed by atoms with Gasteiger partial charge in [-0.05, 0) is 31.5 Å². The van der Waals surface area contributed by atoms with Gasteiger partial charge in [-0.2, -0.15) is 0 Å². The number of anilines is 2. The Labute approximate surface area is 120 Å². The number of carbonyl (C=O) groups is 2. The Bertz CT molecular complexity index is 460. The Hall–Kier alpha value is -2.04. The summed E-state index contributed by atoms with van der Waals surface area (Å²) in [5.74, 6) is -0.0704. The number of carbonyl (C=O) groups excluding carboxylic acids is 2. The molecule has 1 atom stereocenters. The first-order valence-electron chi connectivity index (χ1n) is 6.98. The molecule has 1 unspecified atom stereocenters. The fraction of sp³-hybridized carbons (Fsp3) is 0.467. The first kappa shape index (κ1) is 16.0. The van der Waals surface area contributed by atoms with Crippen LogP contribution in [0.5, 0.6) is 0 Å². The van der Waals surface area contributed by atoms with Gasteiger partial charge in [-0.25, -0.2) is 0 Å². The molecule has 20 heavy (non-hydrogen) atoms. The fourth-order valence-electron chi connectivity index (χ4n) is 1.57. The smallest absolute Gasteiger partial charge is 0.239 e. The van der Waals surface area contributed by atoms with Crippen LogP contribution in [0.4, 0.5) is 11.4 Å². The van der Waals surface area contributed by atoms with Crippen molar-refractivity contribution in [2.45, 2.75) is 39.7 Å². The summed E-state index contributed by atoms with van der Waals surface area (Å²) in [6, 6.07) is 7.50. The second-order valence-corrected chi connectivity index (χ2v) is 4.71. The number of hydrogen-bond acceptors (Lipinski definition) is 3. The second kappa shape index (κ2) is 8.19. The molecule has 0 fully saturated rings. The van der Waals surface area contributed by atoms with E-state index in [4.69, 9.17) is 0 Å². The molecule has 0 bridgehead atoms. The summed E-state index contributed by atoms with van der Waals surface area (Å²) in [5, 5.41) is 8.71. The molecule has 0 spiro atoms. The standard InChI is InChI=1S/C15H23N3O2/c1-4-11(3)17-15(20)10-16-12-7-6-8-13(9-12)18-14(19)5-2/h6-9,11,16H,4-5,10H2,1-3H3,(H,17,20)(H,18,19). The fourth-order valence-corrected chi connectivity index (χ4v) is 1.57. The van der Waals surface area contributed by atoms with E-state index in [1.807, 2.05) is 38.1 Å². The molecule has 1 rings (SSSR count). The van der Waals surface area contributed by atoms with Gasteiger partial charge in [0.15, 0.2) is 0 Å². The normalized spacial score (nSPS) is 11.6. The van der Waals surface area contributed by atoms with Gasteiger partial charge in [0.05, 0.1) is 6.54 Å². The Balaban J connectivity index is 2.50. The predicted molar refractivity (Wildman–Crippen MR) is 81.7 cm³/mol. The Morgan fingerprint density at radius 2 is 1.85 bits per heavy atom. The molecule has 1 aromatic carbocycles. The van der Waals surface area contributed by atoms with E-state index in [9.17, 15) is 9.59 Å². The van der Waals surface area contributed by atoms with Gasteiger partial charge in [-0.1, -0.05) is 19.9 Å². The van der Waals surface area contributed by atoms with Crippen molar-refractivity contribution in [2.75, 3.05) is 17.2 Å². The molecule has 0 radical (unpaired) electrons. The number of nitrogens with one attached hydrogen (secondary N) is 3. The van der Waals surface area contributed by atoms with Crippen LogP contribution in [-0.2, 0) is 9.59 Å². The third kappa shape index (κ3) is 5.73. The van der Waals surface area contributed by atoms with Gasteiger partial charge < -0.3 is 16.0 Å². The van der Waals surface area contributed by atoms with Crippen molar-refractivity contribution < 1.29 is 9.59 Å². The van der Waals surface area contributed by atoms with Crippen LogP contribution in [-0.4, -0.2) is 24.4 Å². The molecule has 0 aliphatic rings. The maximum Gasteiger partial charge on any atom is 0.239 e. The SMILES string of the molecule is CCC(=O)Nc1cccc(NCC(=O)NC(C)CC)c1. The molecular formula is C15H23N3O2. The number of rotatable bonds is 7. The minimum absolute atomic E-state index is 0.0309. The van der Waals surface area contributed by atoms with E-state index in [0.29, 0.717) is 6.42 Å². The summed E-state index contributed by atoms with van der Waals surface area (Å²) < 4.78 is 0. The van der Waals surface area contributed by atoms with E-state index in [2.05, 4.69) is 16.0 Å². The van der Waals surface area contributed by atoms with Crippen LogP contribution in [0.25, 0.3) is 0 Å². The lowest BCUT2D eigenvalue weighted by molar-refractivity contribution is -0.120. The highest BCUT2D eigenvalue weighted by molar-refractivity contribution is 5.91. The average molecular weight is 277 g/mol. The summed E-state index contributed by atoms with van der Waals surface area (Å²) in [6.45, 7) is 6.02. The molecule has 5 nitrogen and oxygen atoms in total. The third-order valence-corrected chi connectivity index (χ3v) is 2.94. The Morgan fingerprint density at radius 1 is 1.15 bits per heavy atom. The van der Waals surface area contributed by atoms with E-state index >= 15 is 0 Å². The molecule has 0 aliphatic carbocycles. The van der Waals surface area contributed by atoms with Crippen molar-refractivity contribution in [2.24, 2.45) is 0 Å². The minimum atomic E-state index is -0.0395. The number of benzene rings is 1. The average Bonchev–Trinajstić information content (AvgIpc) is 2.45. The molecule has 3 N–H and O–H groups in total. The molecule has 0 aliphatic heterocycles. The van der Waals surface area contributed by atoms with Crippen LogP contribution >= 0.6 is 0 Å². The van der Waals surface area contributed by atoms with Crippen molar-refractivity contribution >= 4 is 23.2 Å². The van der Waals surface area contributed by atoms with Crippen LogP contribution < -0.4 is 16.0 Å². The van der Waals surface area contributed by atoms with E-state index in [-0.39, 0.29) is 24.4 Å². The quantitative estimate of drug-likeness (QED) is 0.716. The van der Waals surface area contributed by atoms with Crippen molar-refractivity contribution in [3.05, 3.63) is 24.3 Å². The molecule has 0 saturated carbocycles. The van der Waals surface area contributed by atoms with Gasteiger partial charge in [-0.15, -0.1) is 0 Å². The predicted octanol–water partition coefficient (Wildman–Crippen LogP) is 2.36. The van der Waals surface area contributed by atoms with E-state index < -0.39 is 0 Å². The first-order chi connectivity index (χ1) is 9.55. The Morgan fingerprint density at radius 3 is 2.50 bits per heavy atom. The lowest BCUT2D eigenvalue weighted by atomic mass is 10.2. The third-order valence-electron chi connectivity index (χ3n) is 2.94. The molecule has 0 heterocycles. The highest BCUT2D eigenvalue weighted by Gasteiger charge is 2.05. The zero-order valence-corrected chi connectivity index (χ0v) is 12.3. The van der Waals surface area contributed by atoms with Crippen LogP contribution in [0, 0.1) is 0 Å². The summed E-state index contributed by atoms with van der Waals surface area (Å²) in [5.41, 5.74) is 1.53. The molecule has 2 amide bonds. The van der Waals surface area contributed by atoms with Gasteiger partial charge in [0, 0.05) is 23.8 Å². The van der Waals surface area contributed by atoms with Crippen LogP contribution in [0.1, 0.15) is 33.6 Å². The molecule has 0 saturated heterocycles. The maximum atomic E-state index is 11.7. The number of amides is 2. The van der Waals surface area contributed by atoms with Gasteiger partial charge in [0.1, 0.15) is 0 Å². The summed E-state index contributed by atoms with van der Waals surface area (Å²) in [6.07, 6.45) is 1.35. The van der Waals surface area contributed by atoms with Crippen molar-refractivity contribution in [1.29, 1.82) is 0 Å².